The van der Waals surface area contributed by atoms with Gasteiger partial charge in [-0.2, -0.15) is 4.98 Å². The van der Waals surface area contributed by atoms with Crippen LogP contribution in [0.3, 0.4) is 0 Å². The van der Waals surface area contributed by atoms with Gasteiger partial charge in [-0.25, -0.2) is 9.37 Å². The van der Waals surface area contributed by atoms with E-state index < -0.39 is 0 Å². The molecule has 0 bridgehead atoms. The number of nitrogens with one attached hydrogen (secondary N) is 1. The Morgan fingerprint density at radius 1 is 1.00 bits per heavy atom. The number of halogens is 1. The lowest BCUT2D eigenvalue weighted by Gasteiger charge is -2.12. The standard InChI is InChI=1S/C18H17FN4O/c1-11-3-8-15(9-12(11)2)24-18-16(20)17(21-10-22-18)23-14-6-4-13(19)5-7-14/h3-10H,20H2,1-2H3,(H,21,22,23). The Morgan fingerprint density at radius 2 is 1.75 bits per heavy atom. The summed E-state index contributed by atoms with van der Waals surface area (Å²) < 4.78 is 18.7. The number of aryl methyl sites for hydroxylation is 2. The molecule has 0 radical (unpaired) electrons. The van der Waals surface area contributed by atoms with Crippen LogP contribution in [0.1, 0.15) is 11.1 Å². The molecule has 122 valence electrons. The molecule has 3 rings (SSSR count). The maximum absolute atomic E-state index is 13.0. The van der Waals surface area contributed by atoms with Crippen molar-refractivity contribution < 1.29 is 9.13 Å². The van der Waals surface area contributed by atoms with Crippen molar-refractivity contribution in [2.24, 2.45) is 0 Å². The van der Waals surface area contributed by atoms with Gasteiger partial charge in [0.25, 0.3) is 0 Å². The molecule has 2 aromatic carbocycles. The number of hydrogen-bond acceptors (Lipinski definition) is 5. The zero-order chi connectivity index (χ0) is 17.1. The first-order chi connectivity index (χ1) is 11.5. The van der Waals surface area contributed by atoms with Gasteiger partial charge in [-0.15, -0.1) is 0 Å². The average Bonchev–Trinajstić information content (AvgIpc) is 2.57. The van der Waals surface area contributed by atoms with Crippen molar-refractivity contribution in [3.05, 3.63) is 65.7 Å². The van der Waals surface area contributed by atoms with E-state index in [-0.39, 0.29) is 17.4 Å². The van der Waals surface area contributed by atoms with Crippen molar-refractivity contribution in [2.75, 3.05) is 11.1 Å². The molecule has 0 atom stereocenters. The first-order valence-electron chi connectivity index (χ1n) is 7.41. The van der Waals surface area contributed by atoms with E-state index in [1.165, 1.54) is 24.0 Å². The van der Waals surface area contributed by atoms with Crippen LogP contribution in [-0.4, -0.2) is 9.97 Å². The minimum Gasteiger partial charge on any atom is -0.437 e. The number of nitrogens with two attached hydrogens (primary N) is 1. The summed E-state index contributed by atoms with van der Waals surface area (Å²) in [5, 5.41) is 3.02. The van der Waals surface area contributed by atoms with E-state index in [0.29, 0.717) is 17.3 Å². The molecule has 0 amide bonds. The molecule has 0 unspecified atom stereocenters. The molecule has 1 heterocycles. The van der Waals surface area contributed by atoms with Crippen LogP contribution in [0, 0.1) is 19.7 Å². The molecule has 3 N–H and O–H groups in total. The number of ether oxygens (including phenoxy) is 1. The Hall–Kier alpha value is -3.15. The second-order valence-corrected chi connectivity index (χ2v) is 5.42. The van der Waals surface area contributed by atoms with Crippen LogP contribution in [0.4, 0.5) is 21.6 Å². The van der Waals surface area contributed by atoms with Gasteiger partial charge < -0.3 is 15.8 Å². The number of benzene rings is 2. The smallest absolute Gasteiger partial charge is 0.248 e. The number of aromatic nitrogens is 2. The molecule has 0 spiro atoms. The fraction of sp³-hybridized carbons (Fsp3) is 0.111. The summed E-state index contributed by atoms with van der Waals surface area (Å²) in [7, 11) is 0. The fourth-order valence-corrected chi connectivity index (χ4v) is 2.12. The van der Waals surface area contributed by atoms with Gasteiger partial charge in [0, 0.05) is 5.69 Å². The number of nitrogens with zero attached hydrogens (tertiary/aromatic N) is 2. The van der Waals surface area contributed by atoms with Crippen molar-refractivity contribution in [1.82, 2.24) is 9.97 Å². The third kappa shape index (κ3) is 3.43. The summed E-state index contributed by atoms with van der Waals surface area (Å²) in [6.07, 6.45) is 1.36. The van der Waals surface area contributed by atoms with E-state index in [1.807, 2.05) is 32.0 Å². The van der Waals surface area contributed by atoms with Crippen molar-refractivity contribution in [2.45, 2.75) is 13.8 Å². The highest BCUT2D eigenvalue weighted by Crippen LogP contribution is 2.31. The zero-order valence-electron chi connectivity index (χ0n) is 13.4. The van der Waals surface area contributed by atoms with Gasteiger partial charge in [0.05, 0.1) is 0 Å². The minimum absolute atomic E-state index is 0.262. The van der Waals surface area contributed by atoms with Crippen LogP contribution < -0.4 is 15.8 Å². The Morgan fingerprint density at radius 3 is 2.46 bits per heavy atom. The maximum Gasteiger partial charge on any atom is 0.248 e. The highest BCUT2D eigenvalue weighted by molar-refractivity contribution is 5.72. The highest BCUT2D eigenvalue weighted by atomic mass is 19.1. The lowest BCUT2D eigenvalue weighted by molar-refractivity contribution is 0.464. The SMILES string of the molecule is Cc1ccc(Oc2ncnc(Nc3ccc(F)cc3)c2N)cc1C. The summed E-state index contributed by atoms with van der Waals surface area (Å²) in [6.45, 7) is 4.04. The van der Waals surface area contributed by atoms with Gasteiger partial charge in [-0.05, 0) is 61.4 Å². The van der Waals surface area contributed by atoms with E-state index in [0.717, 1.165) is 5.56 Å². The van der Waals surface area contributed by atoms with Gasteiger partial charge in [-0.3, -0.25) is 0 Å². The highest BCUT2D eigenvalue weighted by Gasteiger charge is 2.11. The Bertz CT molecular complexity index is 865. The predicted octanol–water partition coefficient (Wildman–Crippen LogP) is 4.35. The molecule has 0 aliphatic heterocycles. The van der Waals surface area contributed by atoms with Gasteiger partial charge >= 0.3 is 0 Å². The van der Waals surface area contributed by atoms with Crippen LogP contribution in [0.15, 0.2) is 48.8 Å². The van der Waals surface area contributed by atoms with E-state index in [9.17, 15) is 4.39 Å². The largest absolute Gasteiger partial charge is 0.437 e. The van der Waals surface area contributed by atoms with Crippen LogP contribution in [0.25, 0.3) is 0 Å². The van der Waals surface area contributed by atoms with Crippen molar-refractivity contribution in [1.29, 1.82) is 0 Å². The Labute approximate surface area is 139 Å². The molecular formula is C18H17FN4O. The molecule has 0 fully saturated rings. The summed E-state index contributed by atoms with van der Waals surface area (Å²) >= 11 is 0. The normalized spacial score (nSPS) is 10.5. The quantitative estimate of drug-likeness (QED) is 0.746. The summed E-state index contributed by atoms with van der Waals surface area (Å²) in [5.41, 5.74) is 9.33. The first-order valence-corrected chi connectivity index (χ1v) is 7.41. The minimum atomic E-state index is -0.310. The van der Waals surface area contributed by atoms with Crippen LogP contribution in [-0.2, 0) is 0 Å². The molecule has 1 aromatic heterocycles. The second kappa shape index (κ2) is 6.54. The van der Waals surface area contributed by atoms with E-state index in [4.69, 9.17) is 10.5 Å². The van der Waals surface area contributed by atoms with Gasteiger partial charge in [0.15, 0.2) is 5.82 Å². The average molecular weight is 324 g/mol. The molecule has 0 aliphatic carbocycles. The summed E-state index contributed by atoms with van der Waals surface area (Å²) in [5.74, 6) is 1.000. The van der Waals surface area contributed by atoms with Gasteiger partial charge in [-0.1, -0.05) is 6.07 Å². The van der Waals surface area contributed by atoms with Crippen molar-refractivity contribution in [3.63, 3.8) is 0 Å². The summed E-state index contributed by atoms with van der Waals surface area (Å²) in [6, 6.07) is 11.7. The lowest BCUT2D eigenvalue weighted by atomic mass is 10.1. The molecule has 24 heavy (non-hydrogen) atoms. The van der Waals surface area contributed by atoms with E-state index in [2.05, 4.69) is 15.3 Å². The van der Waals surface area contributed by atoms with Gasteiger partial charge in [0.1, 0.15) is 23.6 Å². The number of nitrogen functional groups attached to an aromatic ring is 1. The molecule has 5 nitrogen and oxygen atoms in total. The molecule has 0 saturated carbocycles. The first kappa shape index (κ1) is 15.7. The molecule has 0 saturated heterocycles. The van der Waals surface area contributed by atoms with E-state index in [1.54, 1.807) is 12.1 Å². The molecular weight excluding hydrogens is 307 g/mol. The maximum atomic E-state index is 13.0. The van der Waals surface area contributed by atoms with Gasteiger partial charge in [0.2, 0.25) is 5.88 Å². The molecule has 6 heteroatoms. The van der Waals surface area contributed by atoms with Crippen molar-refractivity contribution in [3.8, 4) is 11.6 Å². The van der Waals surface area contributed by atoms with Crippen LogP contribution in [0.2, 0.25) is 0 Å². The second-order valence-electron chi connectivity index (χ2n) is 5.42. The van der Waals surface area contributed by atoms with Crippen LogP contribution >= 0.6 is 0 Å². The molecule has 0 aliphatic rings. The lowest BCUT2D eigenvalue weighted by Crippen LogP contribution is -2.03. The third-order valence-corrected chi connectivity index (χ3v) is 3.65. The summed E-state index contributed by atoms with van der Waals surface area (Å²) in [4.78, 5) is 8.19. The number of rotatable bonds is 4. The Balaban J connectivity index is 1.84. The molecule has 3 aromatic rings. The van der Waals surface area contributed by atoms with Crippen LogP contribution in [0.5, 0.6) is 11.6 Å². The monoisotopic (exact) mass is 324 g/mol. The van der Waals surface area contributed by atoms with E-state index >= 15 is 0 Å². The number of hydrogen-bond donors (Lipinski definition) is 2. The third-order valence-electron chi connectivity index (χ3n) is 3.65. The zero-order valence-corrected chi connectivity index (χ0v) is 13.4. The predicted molar refractivity (Wildman–Crippen MR) is 92.1 cm³/mol. The number of anilines is 3. The van der Waals surface area contributed by atoms with Crippen molar-refractivity contribution >= 4 is 17.2 Å². The fourth-order valence-electron chi connectivity index (χ4n) is 2.12. The Kier molecular flexibility index (Phi) is 4.29. The topological polar surface area (TPSA) is 73.1 Å².